The largest absolute Gasteiger partial charge is 0.393 e. The first-order valence-electron chi connectivity index (χ1n) is 5.63. The molecule has 6 fully saturated rings. The molecule has 1 nitrogen and oxygen atoms in total. The molecule has 6 aliphatic carbocycles. The van der Waals surface area contributed by atoms with E-state index in [4.69, 9.17) is 0 Å². The average molecular weight is 288 g/mol. The molecule has 6 bridgehead atoms. The molecule has 0 radical (unpaired) electrons. The first-order valence-corrected chi connectivity index (χ1v) is 6.87. The monoisotopic (exact) mass is 288 g/mol. The smallest absolute Gasteiger partial charge is 0.0608 e. The Labute approximate surface area is 91.4 Å². The highest BCUT2D eigenvalue weighted by atomic mass is 127. The predicted molar refractivity (Wildman–Crippen MR) is 56.4 cm³/mol. The van der Waals surface area contributed by atoms with Crippen LogP contribution in [0.3, 0.4) is 0 Å². The van der Waals surface area contributed by atoms with Crippen LogP contribution in [-0.2, 0) is 0 Å². The highest BCUT2D eigenvalue weighted by molar-refractivity contribution is 14.1. The van der Waals surface area contributed by atoms with Crippen LogP contribution in [0.4, 0.5) is 0 Å². The predicted octanol–water partition coefficient (Wildman–Crippen LogP) is 1.54. The Morgan fingerprint density at radius 1 is 0.846 bits per heavy atom. The maximum absolute atomic E-state index is 10.2. The van der Waals surface area contributed by atoms with Crippen LogP contribution in [0.25, 0.3) is 0 Å². The van der Waals surface area contributed by atoms with Gasteiger partial charge in [0.15, 0.2) is 0 Å². The van der Waals surface area contributed by atoms with Crippen LogP contribution in [0.5, 0.6) is 0 Å². The second-order valence-corrected chi connectivity index (χ2v) is 7.40. The maximum atomic E-state index is 10.2. The van der Waals surface area contributed by atoms with E-state index in [1.54, 1.807) is 0 Å². The molecule has 13 heavy (non-hydrogen) atoms. The SMILES string of the molecule is O[C@H]1[C@H]2[C@@H]3[C@@H](I)[C@@H]4[C@@H]5C[C@@H]([C@H]24)[C@H]1[C@@H]53. The molecule has 6 saturated carbocycles. The molecular formula is C11H13IO. The van der Waals surface area contributed by atoms with Crippen molar-refractivity contribution in [2.24, 2.45) is 47.3 Å². The minimum Gasteiger partial charge on any atom is -0.393 e. The normalized spacial score (nSPS) is 85.4. The molecule has 0 aromatic heterocycles. The summed E-state index contributed by atoms with van der Waals surface area (Å²) >= 11 is 2.70. The number of aliphatic hydroxyl groups is 1. The van der Waals surface area contributed by atoms with Crippen molar-refractivity contribution in [1.82, 2.24) is 0 Å². The Kier molecular flexibility index (Phi) is 0.936. The molecule has 70 valence electrons. The van der Waals surface area contributed by atoms with Crippen LogP contribution in [0.1, 0.15) is 6.42 Å². The fourth-order valence-electron chi connectivity index (χ4n) is 6.52. The zero-order valence-electron chi connectivity index (χ0n) is 7.31. The Bertz CT molecular complexity index is 283. The van der Waals surface area contributed by atoms with Crippen molar-refractivity contribution in [3.63, 3.8) is 0 Å². The third-order valence-electron chi connectivity index (χ3n) is 6.27. The summed E-state index contributed by atoms with van der Waals surface area (Å²) in [6.07, 6.45) is 1.62. The Hall–Kier alpha value is 0.690. The number of aliphatic hydroxyl groups excluding tert-OH is 1. The third-order valence-corrected chi connectivity index (χ3v) is 7.93. The number of halogens is 1. The molecule has 0 aliphatic heterocycles. The third kappa shape index (κ3) is 0.451. The van der Waals surface area contributed by atoms with Gasteiger partial charge in [-0.15, -0.1) is 0 Å². The van der Waals surface area contributed by atoms with Gasteiger partial charge in [-0.2, -0.15) is 0 Å². The fraction of sp³-hybridized carbons (Fsp3) is 1.00. The van der Waals surface area contributed by atoms with E-state index in [-0.39, 0.29) is 6.10 Å². The molecule has 0 aromatic rings. The molecular weight excluding hydrogens is 275 g/mol. The summed E-state index contributed by atoms with van der Waals surface area (Å²) in [7, 11) is 0. The first kappa shape index (κ1) is 7.04. The second-order valence-electron chi connectivity index (χ2n) is 5.96. The highest BCUT2D eigenvalue weighted by Gasteiger charge is 2.82. The van der Waals surface area contributed by atoms with Crippen molar-refractivity contribution in [3.8, 4) is 0 Å². The minimum atomic E-state index is 0.125. The zero-order valence-corrected chi connectivity index (χ0v) is 9.46. The summed E-state index contributed by atoms with van der Waals surface area (Å²) in [6, 6.07) is 0. The molecule has 0 amide bonds. The molecule has 6 rings (SSSR count). The van der Waals surface area contributed by atoms with Crippen LogP contribution in [-0.4, -0.2) is 15.1 Å². The van der Waals surface area contributed by atoms with Crippen molar-refractivity contribution < 1.29 is 5.11 Å². The van der Waals surface area contributed by atoms with E-state index in [1.807, 2.05) is 0 Å². The summed E-state index contributed by atoms with van der Waals surface area (Å²) in [4.78, 5) is 0. The van der Waals surface area contributed by atoms with Crippen LogP contribution >= 0.6 is 22.6 Å². The molecule has 0 saturated heterocycles. The number of hydrogen-bond acceptors (Lipinski definition) is 1. The van der Waals surface area contributed by atoms with Gasteiger partial charge in [0.05, 0.1) is 6.10 Å². The summed E-state index contributed by atoms with van der Waals surface area (Å²) in [5.74, 6) is 7.48. The molecule has 0 aromatic carbocycles. The maximum Gasteiger partial charge on any atom is 0.0608 e. The first-order chi connectivity index (χ1) is 6.30. The van der Waals surface area contributed by atoms with E-state index in [9.17, 15) is 5.11 Å². The highest BCUT2D eigenvalue weighted by Crippen LogP contribution is 2.83. The average Bonchev–Trinajstić information content (AvgIpc) is 2.78. The second kappa shape index (κ2) is 1.73. The Balaban J connectivity index is 1.86. The Morgan fingerprint density at radius 3 is 2.31 bits per heavy atom. The lowest BCUT2D eigenvalue weighted by Crippen LogP contribution is -2.30. The molecule has 2 heteroatoms. The van der Waals surface area contributed by atoms with E-state index in [1.165, 1.54) is 6.42 Å². The van der Waals surface area contributed by atoms with E-state index in [0.717, 1.165) is 51.3 Å². The summed E-state index contributed by atoms with van der Waals surface area (Å²) in [5.41, 5.74) is 0. The number of rotatable bonds is 0. The van der Waals surface area contributed by atoms with Gasteiger partial charge in [0, 0.05) is 3.92 Å². The van der Waals surface area contributed by atoms with Crippen molar-refractivity contribution in [1.29, 1.82) is 0 Å². The van der Waals surface area contributed by atoms with E-state index in [2.05, 4.69) is 22.6 Å². The van der Waals surface area contributed by atoms with Crippen molar-refractivity contribution in [3.05, 3.63) is 0 Å². The van der Waals surface area contributed by atoms with Crippen LogP contribution in [0.2, 0.25) is 0 Å². The van der Waals surface area contributed by atoms with Crippen molar-refractivity contribution in [2.45, 2.75) is 16.4 Å². The topological polar surface area (TPSA) is 20.2 Å². The molecule has 1 N–H and O–H groups in total. The van der Waals surface area contributed by atoms with Gasteiger partial charge >= 0.3 is 0 Å². The molecule has 10 atom stereocenters. The lowest BCUT2D eigenvalue weighted by atomic mass is 9.71. The summed E-state index contributed by atoms with van der Waals surface area (Å²) in [5, 5.41) is 10.2. The van der Waals surface area contributed by atoms with Gasteiger partial charge in [-0.25, -0.2) is 0 Å². The van der Waals surface area contributed by atoms with Gasteiger partial charge in [0.1, 0.15) is 0 Å². The van der Waals surface area contributed by atoms with E-state index >= 15 is 0 Å². The van der Waals surface area contributed by atoms with Crippen LogP contribution in [0.15, 0.2) is 0 Å². The lowest BCUT2D eigenvalue weighted by Gasteiger charge is -2.33. The van der Waals surface area contributed by atoms with Gasteiger partial charge in [-0.05, 0) is 53.8 Å². The molecule has 6 aliphatic rings. The van der Waals surface area contributed by atoms with Crippen LogP contribution < -0.4 is 0 Å². The van der Waals surface area contributed by atoms with Crippen molar-refractivity contribution in [2.75, 3.05) is 0 Å². The van der Waals surface area contributed by atoms with Gasteiger partial charge in [0.25, 0.3) is 0 Å². The number of alkyl halides is 1. The van der Waals surface area contributed by atoms with Gasteiger partial charge in [-0.1, -0.05) is 22.6 Å². The molecule has 0 spiro atoms. The Morgan fingerprint density at radius 2 is 1.54 bits per heavy atom. The zero-order chi connectivity index (χ0) is 8.48. The molecule has 0 heterocycles. The number of hydrogen-bond donors (Lipinski definition) is 1. The minimum absolute atomic E-state index is 0.125. The summed E-state index contributed by atoms with van der Waals surface area (Å²) < 4.78 is 0.940. The van der Waals surface area contributed by atoms with Crippen molar-refractivity contribution >= 4 is 22.6 Å². The van der Waals surface area contributed by atoms with Crippen LogP contribution in [0, 0.1) is 47.3 Å². The fourth-order valence-corrected chi connectivity index (χ4v) is 8.49. The molecule has 0 unspecified atom stereocenters. The summed E-state index contributed by atoms with van der Waals surface area (Å²) in [6.45, 7) is 0. The van der Waals surface area contributed by atoms with Gasteiger partial charge in [0.2, 0.25) is 0 Å². The van der Waals surface area contributed by atoms with E-state index in [0.29, 0.717) is 0 Å². The standard InChI is InChI=1S/C11H13IO/c12-10-6-2-1-3-4(6)9-8(10)5(2)7(3)11(9)13/h2-11,13H,1H2/t2-,3+,4+,5-,6-,7+,8-,9-,10+,11-/m1/s1. The lowest BCUT2D eigenvalue weighted by molar-refractivity contribution is 0.116. The quantitative estimate of drug-likeness (QED) is 0.529. The van der Waals surface area contributed by atoms with Gasteiger partial charge < -0.3 is 5.11 Å². The van der Waals surface area contributed by atoms with Gasteiger partial charge in [-0.3, -0.25) is 0 Å². The van der Waals surface area contributed by atoms with E-state index < -0.39 is 0 Å².